The average Bonchev–Trinajstić information content (AvgIpc) is 3.06. The third kappa shape index (κ3) is 1.98. The average molecular weight is 498 g/mol. The van der Waals surface area contributed by atoms with E-state index in [1.807, 2.05) is 12.3 Å². The van der Waals surface area contributed by atoms with Gasteiger partial charge in [-0.05, 0) is 16.5 Å². The van der Waals surface area contributed by atoms with Crippen molar-refractivity contribution in [2.75, 3.05) is 25.3 Å². The van der Waals surface area contributed by atoms with Gasteiger partial charge in [0.1, 0.15) is 0 Å². The Morgan fingerprint density at radius 1 is 1.25 bits per heavy atom. The van der Waals surface area contributed by atoms with Crippen molar-refractivity contribution >= 4 is 27.4 Å². The first-order chi connectivity index (χ1) is 11.0. The SMILES string of the molecule is CN1CC(C)(C)c2c1cnc1c2ccc2cc3c([c-]c21)OCO3.[Ir]. The van der Waals surface area contributed by atoms with Crippen LogP contribution in [0.1, 0.15) is 19.4 Å². The maximum absolute atomic E-state index is 5.49. The van der Waals surface area contributed by atoms with Crippen LogP contribution in [0.25, 0.3) is 21.7 Å². The standard InChI is InChI=1S/C19H17N2O2.Ir/c1-19(2)9-21(3)14-8-20-18-12(17(14)19)5-4-11-6-15-16(7-13(11)18)23-10-22-15;/h4-6,8H,9-10H2,1-3H3;/q-1;. The first kappa shape index (κ1) is 15.7. The van der Waals surface area contributed by atoms with Gasteiger partial charge in [-0.15, -0.1) is 10.8 Å². The summed E-state index contributed by atoms with van der Waals surface area (Å²) in [5.74, 6) is 1.45. The van der Waals surface area contributed by atoms with Crippen molar-refractivity contribution < 1.29 is 29.6 Å². The summed E-state index contributed by atoms with van der Waals surface area (Å²) in [6.45, 7) is 5.86. The second-order valence-corrected chi connectivity index (χ2v) is 7.05. The molecule has 0 saturated carbocycles. The van der Waals surface area contributed by atoms with Crippen LogP contribution in [0.5, 0.6) is 11.5 Å². The molecule has 2 aliphatic heterocycles. The molecule has 5 heteroatoms. The Balaban J connectivity index is 0.00000146. The van der Waals surface area contributed by atoms with E-state index in [1.165, 1.54) is 16.6 Å². The van der Waals surface area contributed by atoms with Crippen LogP contribution in [0, 0.1) is 6.07 Å². The number of pyridine rings is 1. The summed E-state index contributed by atoms with van der Waals surface area (Å²) in [7, 11) is 2.13. The molecule has 3 heterocycles. The smallest absolute Gasteiger partial charge is 0.218 e. The van der Waals surface area contributed by atoms with Crippen LogP contribution in [-0.4, -0.2) is 25.4 Å². The zero-order chi connectivity index (χ0) is 15.8. The molecule has 0 saturated heterocycles. The molecule has 4 nitrogen and oxygen atoms in total. The van der Waals surface area contributed by atoms with E-state index in [2.05, 4.69) is 44.0 Å². The van der Waals surface area contributed by atoms with Gasteiger partial charge in [-0.2, -0.15) is 0 Å². The molecule has 0 amide bonds. The Bertz CT molecular complexity index is 984. The second-order valence-electron chi connectivity index (χ2n) is 7.05. The number of hydrogen-bond acceptors (Lipinski definition) is 4. The van der Waals surface area contributed by atoms with Gasteiger partial charge < -0.3 is 19.4 Å². The summed E-state index contributed by atoms with van der Waals surface area (Å²) in [4.78, 5) is 7.04. The molecular formula is C19H17IrN2O2-. The quantitative estimate of drug-likeness (QED) is 0.351. The zero-order valence-corrected chi connectivity index (χ0v) is 16.2. The third-order valence-corrected chi connectivity index (χ3v) is 4.94. The van der Waals surface area contributed by atoms with Crippen molar-refractivity contribution in [3.05, 3.63) is 36.0 Å². The summed E-state index contributed by atoms with van der Waals surface area (Å²) in [6.07, 6.45) is 1.99. The van der Waals surface area contributed by atoms with Gasteiger partial charge in [0, 0.05) is 45.3 Å². The van der Waals surface area contributed by atoms with Gasteiger partial charge in [-0.3, -0.25) is 0 Å². The van der Waals surface area contributed by atoms with Crippen molar-refractivity contribution in [3.63, 3.8) is 0 Å². The summed E-state index contributed by atoms with van der Waals surface area (Å²) in [5, 5.41) is 3.29. The van der Waals surface area contributed by atoms with Gasteiger partial charge in [0.05, 0.1) is 17.2 Å². The van der Waals surface area contributed by atoms with E-state index in [9.17, 15) is 0 Å². The van der Waals surface area contributed by atoms with E-state index >= 15 is 0 Å². The molecule has 1 radical (unpaired) electrons. The van der Waals surface area contributed by atoms with Crippen LogP contribution in [0.15, 0.2) is 24.4 Å². The molecule has 0 spiro atoms. The summed E-state index contributed by atoms with van der Waals surface area (Å²) >= 11 is 0. The maximum Gasteiger partial charge on any atom is 0.218 e. The van der Waals surface area contributed by atoms with Crippen LogP contribution in [0.3, 0.4) is 0 Å². The second kappa shape index (κ2) is 5.08. The van der Waals surface area contributed by atoms with Crippen molar-refractivity contribution in [3.8, 4) is 11.5 Å². The number of hydrogen-bond donors (Lipinski definition) is 0. The van der Waals surface area contributed by atoms with Crippen molar-refractivity contribution in [2.24, 2.45) is 0 Å². The first-order valence-electron chi connectivity index (χ1n) is 7.83. The molecule has 1 aromatic heterocycles. The molecule has 5 rings (SSSR count). The predicted molar refractivity (Wildman–Crippen MR) is 90.5 cm³/mol. The van der Waals surface area contributed by atoms with Crippen LogP contribution in [0.2, 0.25) is 0 Å². The predicted octanol–water partition coefficient (Wildman–Crippen LogP) is 3.64. The molecule has 125 valence electrons. The maximum atomic E-state index is 5.49. The molecule has 3 aromatic rings. The number of nitrogens with zero attached hydrogens (tertiary/aromatic N) is 2. The fraction of sp³-hybridized carbons (Fsp3) is 0.316. The minimum atomic E-state index is 0. The minimum Gasteiger partial charge on any atom is -0.500 e. The van der Waals surface area contributed by atoms with Gasteiger partial charge in [0.25, 0.3) is 0 Å². The largest absolute Gasteiger partial charge is 0.500 e. The number of aromatic nitrogens is 1. The van der Waals surface area contributed by atoms with Crippen LogP contribution in [0.4, 0.5) is 5.69 Å². The molecule has 0 bridgehead atoms. The first-order valence-corrected chi connectivity index (χ1v) is 7.83. The topological polar surface area (TPSA) is 34.6 Å². The number of anilines is 1. The molecule has 2 aliphatic rings. The monoisotopic (exact) mass is 498 g/mol. The summed E-state index contributed by atoms with van der Waals surface area (Å²) in [5.41, 5.74) is 3.69. The number of rotatable bonds is 0. The van der Waals surface area contributed by atoms with Crippen LogP contribution < -0.4 is 14.4 Å². The molecule has 0 N–H and O–H groups in total. The fourth-order valence-corrected chi connectivity index (χ4v) is 4.03. The van der Waals surface area contributed by atoms with Crippen molar-refractivity contribution in [1.29, 1.82) is 0 Å². The van der Waals surface area contributed by atoms with E-state index in [-0.39, 0.29) is 32.3 Å². The minimum absolute atomic E-state index is 0. The molecule has 24 heavy (non-hydrogen) atoms. The Kier molecular flexibility index (Phi) is 3.31. The van der Waals surface area contributed by atoms with Gasteiger partial charge in [-0.25, -0.2) is 0 Å². The van der Waals surface area contributed by atoms with E-state index in [0.29, 0.717) is 5.75 Å². The van der Waals surface area contributed by atoms with Crippen LogP contribution >= 0.6 is 0 Å². The van der Waals surface area contributed by atoms with Crippen molar-refractivity contribution in [1.82, 2.24) is 4.98 Å². The fourth-order valence-electron chi connectivity index (χ4n) is 4.03. The number of benzene rings is 2. The van der Waals surface area contributed by atoms with E-state index < -0.39 is 0 Å². The third-order valence-electron chi connectivity index (χ3n) is 4.94. The van der Waals surface area contributed by atoms with Gasteiger partial charge in [0.15, 0.2) is 0 Å². The normalized spacial score (nSPS) is 17.2. The number of fused-ring (bicyclic) bond motifs is 6. The van der Waals surface area contributed by atoms with Gasteiger partial charge in [-0.1, -0.05) is 38.1 Å². The van der Waals surface area contributed by atoms with E-state index in [4.69, 9.17) is 14.5 Å². The van der Waals surface area contributed by atoms with Gasteiger partial charge >= 0.3 is 0 Å². The summed E-state index contributed by atoms with van der Waals surface area (Å²) < 4.78 is 11.0. The van der Waals surface area contributed by atoms with E-state index in [1.54, 1.807) is 0 Å². The summed E-state index contributed by atoms with van der Waals surface area (Å²) in [6, 6.07) is 9.68. The number of ether oxygens (including phenoxy) is 2. The zero-order valence-electron chi connectivity index (χ0n) is 13.8. The Morgan fingerprint density at radius 3 is 2.92 bits per heavy atom. The molecule has 0 atom stereocenters. The Morgan fingerprint density at radius 2 is 2.08 bits per heavy atom. The molecule has 0 fully saturated rings. The Hall–Kier alpha value is -1.84. The van der Waals surface area contributed by atoms with Gasteiger partial charge in [0.2, 0.25) is 6.79 Å². The molecule has 0 unspecified atom stereocenters. The molecule has 2 aromatic carbocycles. The van der Waals surface area contributed by atoms with Crippen LogP contribution in [-0.2, 0) is 25.5 Å². The van der Waals surface area contributed by atoms with E-state index in [0.717, 1.165) is 28.6 Å². The molecular weight excluding hydrogens is 480 g/mol. The molecule has 0 aliphatic carbocycles. The Labute approximate surface area is 154 Å². The van der Waals surface area contributed by atoms with Crippen molar-refractivity contribution in [2.45, 2.75) is 19.3 Å². The number of likely N-dealkylation sites (N-methyl/N-ethyl adjacent to an activating group) is 1.